The van der Waals surface area contributed by atoms with Crippen LogP contribution in [0.2, 0.25) is 0 Å². The third kappa shape index (κ3) is 2.59. The molecule has 0 aliphatic rings. The van der Waals surface area contributed by atoms with Gasteiger partial charge in [0.05, 0.1) is 13.7 Å². The summed E-state index contributed by atoms with van der Waals surface area (Å²) in [4.78, 5) is 17.4. The molecule has 1 amide bonds. The van der Waals surface area contributed by atoms with E-state index in [4.69, 9.17) is 10.5 Å². The summed E-state index contributed by atoms with van der Waals surface area (Å²) in [5.41, 5.74) is 7.82. The zero-order valence-corrected chi connectivity index (χ0v) is 11.3. The fourth-order valence-electron chi connectivity index (χ4n) is 2.13. The molecule has 1 aromatic heterocycles. The number of pyridine rings is 1. The molecule has 0 unspecified atom stereocenters. The lowest BCUT2D eigenvalue weighted by atomic mass is 10.1. The summed E-state index contributed by atoms with van der Waals surface area (Å²) in [5.74, 6) is 0.350. The van der Waals surface area contributed by atoms with E-state index < -0.39 is 0 Å². The van der Waals surface area contributed by atoms with E-state index in [9.17, 15) is 4.79 Å². The van der Waals surface area contributed by atoms with Gasteiger partial charge in [0, 0.05) is 23.8 Å². The number of hydrogen-bond donors (Lipinski definition) is 1. The van der Waals surface area contributed by atoms with Crippen LogP contribution in [0.4, 0.5) is 5.69 Å². The van der Waals surface area contributed by atoms with Crippen molar-refractivity contribution in [3.8, 4) is 5.75 Å². The minimum absolute atomic E-state index is 0.162. The first-order chi connectivity index (χ1) is 9.02. The van der Waals surface area contributed by atoms with Crippen molar-refractivity contribution in [3.63, 3.8) is 0 Å². The van der Waals surface area contributed by atoms with Crippen molar-refractivity contribution in [2.45, 2.75) is 6.92 Å². The molecule has 19 heavy (non-hydrogen) atoms. The highest BCUT2D eigenvalue weighted by molar-refractivity contribution is 5.96. The standard InChI is InChI=1S/C14H17N3O2/c1-9-7-11(17(2)8-13(15)18)10-5-4-6-12(19-3)14(10)16-9/h4-7H,8H2,1-3H3,(H2,15,18). The van der Waals surface area contributed by atoms with Crippen molar-refractivity contribution in [3.05, 3.63) is 30.0 Å². The number of methoxy groups -OCH3 is 1. The van der Waals surface area contributed by atoms with Gasteiger partial charge in [-0.25, -0.2) is 4.98 Å². The minimum atomic E-state index is -0.368. The average Bonchev–Trinajstić information content (AvgIpc) is 2.36. The maximum Gasteiger partial charge on any atom is 0.236 e. The summed E-state index contributed by atoms with van der Waals surface area (Å²) in [7, 11) is 3.45. The molecule has 2 aromatic rings. The van der Waals surface area contributed by atoms with Crippen LogP contribution >= 0.6 is 0 Å². The van der Waals surface area contributed by atoms with E-state index in [1.165, 1.54) is 0 Å². The number of rotatable bonds is 4. The maximum atomic E-state index is 11.1. The monoisotopic (exact) mass is 259 g/mol. The first kappa shape index (κ1) is 13.1. The second-order valence-corrected chi connectivity index (χ2v) is 4.46. The number of ether oxygens (including phenoxy) is 1. The number of hydrogen-bond acceptors (Lipinski definition) is 4. The number of likely N-dealkylation sites (N-methyl/N-ethyl adjacent to an activating group) is 1. The molecule has 5 heteroatoms. The lowest BCUT2D eigenvalue weighted by molar-refractivity contribution is -0.116. The summed E-state index contributed by atoms with van der Waals surface area (Å²) in [5, 5.41) is 0.939. The number of nitrogens with zero attached hydrogens (tertiary/aromatic N) is 2. The molecule has 0 bridgehead atoms. The van der Waals surface area contributed by atoms with E-state index in [0.29, 0.717) is 0 Å². The van der Waals surface area contributed by atoms with Crippen molar-refractivity contribution in [1.29, 1.82) is 0 Å². The van der Waals surface area contributed by atoms with E-state index in [1.54, 1.807) is 7.11 Å². The number of fused-ring (bicyclic) bond motifs is 1. The highest BCUT2D eigenvalue weighted by Gasteiger charge is 2.12. The molecular formula is C14H17N3O2. The summed E-state index contributed by atoms with van der Waals surface area (Å²) < 4.78 is 5.33. The van der Waals surface area contributed by atoms with Gasteiger partial charge in [-0.2, -0.15) is 0 Å². The molecule has 1 heterocycles. The van der Waals surface area contributed by atoms with Gasteiger partial charge in [-0.3, -0.25) is 4.79 Å². The Labute approximate surface area is 112 Å². The van der Waals surface area contributed by atoms with Crippen LogP contribution in [0.1, 0.15) is 5.69 Å². The van der Waals surface area contributed by atoms with Crippen LogP contribution in [0.15, 0.2) is 24.3 Å². The van der Waals surface area contributed by atoms with Crippen LogP contribution in [0, 0.1) is 6.92 Å². The molecule has 0 fully saturated rings. The Kier molecular flexibility index (Phi) is 3.55. The molecule has 0 saturated carbocycles. The molecule has 0 aliphatic carbocycles. The number of carbonyl (C=O) groups is 1. The number of anilines is 1. The highest BCUT2D eigenvalue weighted by atomic mass is 16.5. The van der Waals surface area contributed by atoms with Gasteiger partial charge >= 0.3 is 0 Å². The normalized spacial score (nSPS) is 10.5. The molecule has 0 atom stereocenters. The molecule has 100 valence electrons. The highest BCUT2D eigenvalue weighted by Crippen LogP contribution is 2.31. The third-order valence-corrected chi connectivity index (χ3v) is 2.93. The van der Waals surface area contributed by atoms with E-state index in [-0.39, 0.29) is 12.5 Å². The summed E-state index contributed by atoms with van der Waals surface area (Å²) >= 11 is 0. The van der Waals surface area contributed by atoms with Gasteiger partial charge < -0.3 is 15.4 Å². The van der Waals surface area contributed by atoms with Crippen molar-refractivity contribution >= 4 is 22.5 Å². The molecule has 1 aromatic carbocycles. The van der Waals surface area contributed by atoms with Crippen molar-refractivity contribution < 1.29 is 9.53 Å². The Morgan fingerprint density at radius 2 is 2.21 bits per heavy atom. The molecule has 5 nitrogen and oxygen atoms in total. The van der Waals surface area contributed by atoms with Gasteiger partial charge in [-0.1, -0.05) is 12.1 Å². The number of para-hydroxylation sites is 1. The van der Waals surface area contributed by atoms with Crippen molar-refractivity contribution in [2.24, 2.45) is 5.73 Å². The largest absolute Gasteiger partial charge is 0.494 e. The SMILES string of the molecule is COc1cccc2c(N(C)CC(N)=O)cc(C)nc12. The van der Waals surface area contributed by atoms with Gasteiger partial charge in [0.1, 0.15) is 11.3 Å². The molecule has 2 rings (SSSR count). The molecule has 0 aliphatic heterocycles. The summed E-state index contributed by atoms with van der Waals surface area (Å²) in [6.07, 6.45) is 0. The van der Waals surface area contributed by atoms with Crippen LogP contribution in [-0.4, -0.2) is 31.6 Å². The number of aromatic nitrogens is 1. The van der Waals surface area contributed by atoms with Crippen molar-refractivity contribution in [1.82, 2.24) is 4.98 Å². The quantitative estimate of drug-likeness (QED) is 0.902. The molecule has 0 radical (unpaired) electrons. The van der Waals surface area contributed by atoms with Gasteiger partial charge in [0.2, 0.25) is 5.91 Å². The second kappa shape index (κ2) is 5.14. The van der Waals surface area contributed by atoms with Gasteiger partial charge in [-0.05, 0) is 19.1 Å². The molecule has 2 N–H and O–H groups in total. The summed E-state index contributed by atoms with van der Waals surface area (Å²) in [6, 6.07) is 7.66. The third-order valence-electron chi connectivity index (χ3n) is 2.93. The van der Waals surface area contributed by atoms with E-state index >= 15 is 0 Å². The Morgan fingerprint density at radius 3 is 2.84 bits per heavy atom. The van der Waals surface area contributed by atoms with Gasteiger partial charge in [0.25, 0.3) is 0 Å². The average molecular weight is 259 g/mol. The first-order valence-electron chi connectivity index (χ1n) is 5.96. The Balaban J connectivity index is 2.63. The zero-order valence-electron chi connectivity index (χ0n) is 11.3. The van der Waals surface area contributed by atoms with Crippen molar-refractivity contribution in [2.75, 3.05) is 25.6 Å². The van der Waals surface area contributed by atoms with Gasteiger partial charge in [0.15, 0.2) is 0 Å². The van der Waals surface area contributed by atoms with E-state index in [0.717, 1.165) is 28.0 Å². The second-order valence-electron chi connectivity index (χ2n) is 4.46. The molecule has 0 saturated heterocycles. The lowest BCUT2D eigenvalue weighted by Crippen LogP contribution is -2.30. The maximum absolute atomic E-state index is 11.1. The number of carbonyl (C=O) groups excluding carboxylic acids is 1. The number of nitrogens with two attached hydrogens (primary N) is 1. The number of primary amides is 1. The Hall–Kier alpha value is -2.30. The van der Waals surface area contributed by atoms with Gasteiger partial charge in [-0.15, -0.1) is 0 Å². The van der Waals surface area contributed by atoms with E-state index in [1.807, 2.05) is 43.1 Å². The first-order valence-corrected chi connectivity index (χ1v) is 5.96. The summed E-state index contributed by atoms with van der Waals surface area (Å²) in [6.45, 7) is 2.07. The molecular weight excluding hydrogens is 242 g/mol. The predicted molar refractivity (Wildman–Crippen MR) is 75.5 cm³/mol. The van der Waals surface area contributed by atoms with Crippen LogP contribution in [0.3, 0.4) is 0 Å². The Bertz CT molecular complexity index is 625. The number of aryl methyl sites for hydroxylation is 1. The minimum Gasteiger partial charge on any atom is -0.494 e. The lowest BCUT2D eigenvalue weighted by Gasteiger charge is -2.20. The Morgan fingerprint density at radius 1 is 1.47 bits per heavy atom. The molecule has 0 spiro atoms. The van der Waals surface area contributed by atoms with E-state index in [2.05, 4.69) is 4.98 Å². The predicted octanol–water partition coefficient (Wildman–Crippen LogP) is 1.47. The number of benzene rings is 1. The topological polar surface area (TPSA) is 68.5 Å². The van der Waals surface area contributed by atoms with Crippen LogP contribution in [0.5, 0.6) is 5.75 Å². The number of amides is 1. The zero-order chi connectivity index (χ0) is 14.0. The van der Waals surface area contributed by atoms with Crippen LogP contribution in [0.25, 0.3) is 10.9 Å². The van der Waals surface area contributed by atoms with Crippen LogP contribution in [-0.2, 0) is 4.79 Å². The fraction of sp³-hybridized carbons (Fsp3) is 0.286. The fourth-order valence-corrected chi connectivity index (χ4v) is 2.13. The van der Waals surface area contributed by atoms with Crippen LogP contribution < -0.4 is 15.4 Å². The smallest absolute Gasteiger partial charge is 0.236 e.